The second-order valence-electron chi connectivity index (χ2n) is 11.3. The summed E-state index contributed by atoms with van der Waals surface area (Å²) in [5.41, 5.74) is 5.81. The topological polar surface area (TPSA) is 138 Å². The predicted octanol–water partition coefficient (Wildman–Crippen LogP) is 7.26. The molecule has 45 heavy (non-hydrogen) atoms. The number of anilines is 2. The van der Waals surface area contributed by atoms with Crippen LogP contribution in [0.4, 0.5) is 16.2 Å². The minimum atomic E-state index is -0.976. The third-order valence-corrected chi connectivity index (χ3v) is 7.61. The second-order valence-corrected chi connectivity index (χ2v) is 11.3. The van der Waals surface area contributed by atoms with Crippen LogP contribution in [0.25, 0.3) is 17.0 Å². The van der Waals surface area contributed by atoms with Gasteiger partial charge in [0.1, 0.15) is 0 Å². The number of aliphatic carboxylic acids is 1. The molecule has 0 unspecified atom stereocenters. The number of carbonyl (C=O) groups is 3. The molecule has 0 spiro atoms. The number of carboxylic acids is 1. The summed E-state index contributed by atoms with van der Waals surface area (Å²) in [6.07, 6.45) is 6.68. The third-order valence-electron chi connectivity index (χ3n) is 7.61. The van der Waals surface area contributed by atoms with Crippen molar-refractivity contribution in [3.05, 3.63) is 101 Å². The lowest BCUT2D eigenvalue weighted by molar-refractivity contribution is -0.136. The molecule has 0 aliphatic heterocycles. The third kappa shape index (κ3) is 8.23. The fourth-order valence-electron chi connectivity index (χ4n) is 5.04. The SMILES string of the molecule is CC(C)c1noc(-c2ccc(NC(=O)N(Cc3ccc(C(=O)NCCC(=O)O)cc3)c3ccc(C4=CCCCC4)cc3)cc2)n1. The van der Waals surface area contributed by atoms with Gasteiger partial charge in [-0.3, -0.25) is 14.5 Å². The van der Waals surface area contributed by atoms with Crippen LogP contribution in [0.3, 0.4) is 0 Å². The summed E-state index contributed by atoms with van der Waals surface area (Å²) in [4.78, 5) is 43.0. The van der Waals surface area contributed by atoms with Gasteiger partial charge in [0.25, 0.3) is 11.8 Å². The zero-order valence-electron chi connectivity index (χ0n) is 25.5. The molecule has 0 radical (unpaired) electrons. The molecule has 0 saturated heterocycles. The van der Waals surface area contributed by atoms with E-state index in [-0.39, 0.29) is 37.4 Å². The molecule has 3 aromatic carbocycles. The number of urea groups is 1. The number of nitrogens with one attached hydrogen (secondary N) is 2. The Morgan fingerprint density at radius 1 is 0.933 bits per heavy atom. The van der Waals surface area contributed by atoms with E-state index in [0.717, 1.165) is 35.2 Å². The van der Waals surface area contributed by atoms with Gasteiger partial charge in [0.15, 0.2) is 5.82 Å². The maximum absolute atomic E-state index is 13.7. The number of carboxylic acid groups (broad SMARTS) is 1. The molecule has 1 aliphatic rings. The molecular formula is C35H37N5O5. The Hall–Kier alpha value is -5.25. The number of amides is 3. The Morgan fingerprint density at radius 2 is 1.64 bits per heavy atom. The standard InChI is InChI=1S/C35H37N5O5/c1-23(2)32-38-34(45-39-32)28-12-16-29(17-13-28)37-35(44)40(30-18-14-26(15-19-30)25-6-4-3-5-7-25)22-24-8-10-27(11-9-24)33(43)36-21-20-31(41)42/h6,8-19,23H,3-5,7,20-22H2,1-2H3,(H,36,43)(H,37,44)(H,41,42). The molecule has 10 heteroatoms. The summed E-state index contributed by atoms with van der Waals surface area (Å²) >= 11 is 0. The van der Waals surface area contributed by atoms with Crippen LogP contribution in [0.5, 0.6) is 0 Å². The van der Waals surface area contributed by atoms with Crippen molar-refractivity contribution >= 4 is 34.9 Å². The monoisotopic (exact) mass is 607 g/mol. The van der Waals surface area contributed by atoms with Crippen LogP contribution in [-0.4, -0.2) is 39.7 Å². The van der Waals surface area contributed by atoms with Crippen molar-refractivity contribution in [1.29, 1.82) is 0 Å². The van der Waals surface area contributed by atoms with Crippen LogP contribution < -0.4 is 15.5 Å². The van der Waals surface area contributed by atoms with E-state index >= 15 is 0 Å². The summed E-state index contributed by atoms with van der Waals surface area (Å²) in [6, 6.07) is 21.9. The number of benzene rings is 3. The molecule has 1 aliphatic carbocycles. The van der Waals surface area contributed by atoms with Gasteiger partial charge >= 0.3 is 12.0 Å². The normalized spacial score (nSPS) is 12.8. The van der Waals surface area contributed by atoms with E-state index in [9.17, 15) is 14.4 Å². The van der Waals surface area contributed by atoms with E-state index in [2.05, 4.69) is 39.0 Å². The summed E-state index contributed by atoms with van der Waals surface area (Å²) in [5, 5.41) is 18.4. The zero-order chi connectivity index (χ0) is 31.8. The van der Waals surface area contributed by atoms with E-state index in [1.54, 1.807) is 41.3 Å². The van der Waals surface area contributed by atoms with E-state index < -0.39 is 5.97 Å². The van der Waals surface area contributed by atoms with Crippen LogP contribution in [0, 0.1) is 0 Å². The highest BCUT2D eigenvalue weighted by molar-refractivity contribution is 6.02. The van der Waals surface area contributed by atoms with Crippen molar-refractivity contribution in [2.75, 3.05) is 16.8 Å². The van der Waals surface area contributed by atoms with Crippen LogP contribution in [0.2, 0.25) is 0 Å². The number of rotatable bonds is 11. The summed E-state index contributed by atoms with van der Waals surface area (Å²) < 4.78 is 5.39. The molecule has 1 aromatic heterocycles. The molecule has 10 nitrogen and oxygen atoms in total. The number of hydrogen-bond acceptors (Lipinski definition) is 6. The van der Waals surface area contributed by atoms with Crippen molar-refractivity contribution < 1.29 is 24.0 Å². The van der Waals surface area contributed by atoms with Gasteiger partial charge in [-0.25, -0.2) is 4.79 Å². The van der Waals surface area contributed by atoms with Gasteiger partial charge < -0.3 is 20.3 Å². The Bertz CT molecular complexity index is 1660. The van der Waals surface area contributed by atoms with Gasteiger partial charge in [-0.15, -0.1) is 0 Å². The first kappa shape index (κ1) is 31.2. The molecule has 0 fully saturated rings. The average molecular weight is 608 g/mol. The average Bonchev–Trinajstić information content (AvgIpc) is 3.56. The molecule has 0 saturated carbocycles. The number of allylic oxidation sites excluding steroid dienone is 2. The molecular weight excluding hydrogens is 570 g/mol. The van der Waals surface area contributed by atoms with Gasteiger partial charge in [0.05, 0.1) is 13.0 Å². The smallest absolute Gasteiger partial charge is 0.326 e. The largest absolute Gasteiger partial charge is 0.481 e. The molecule has 1 heterocycles. The van der Waals surface area contributed by atoms with Crippen molar-refractivity contribution in [1.82, 2.24) is 15.5 Å². The van der Waals surface area contributed by atoms with Crippen molar-refractivity contribution in [2.45, 2.75) is 58.4 Å². The van der Waals surface area contributed by atoms with Gasteiger partial charge in [0, 0.05) is 35.0 Å². The number of hydrogen-bond donors (Lipinski definition) is 3. The van der Waals surface area contributed by atoms with Gasteiger partial charge in [-0.05, 0) is 90.9 Å². The highest BCUT2D eigenvalue weighted by Crippen LogP contribution is 2.29. The van der Waals surface area contributed by atoms with Gasteiger partial charge in [-0.2, -0.15) is 4.98 Å². The van der Waals surface area contributed by atoms with Crippen LogP contribution in [-0.2, 0) is 11.3 Å². The molecule has 0 bridgehead atoms. The van der Waals surface area contributed by atoms with Gasteiger partial charge in [-0.1, -0.05) is 49.3 Å². The van der Waals surface area contributed by atoms with Gasteiger partial charge in [0.2, 0.25) is 0 Å². The molecule has 3 N–H and O–H groups in total. The summed E-state index contributed by atoms with van der Waals surface area (Å²) in [5.74, 6) is -0.122. The first-order chi connectivity index (χ1) is 21.8. The van der Waals surface area contributed by atoms with Crippen LogP contribution >= 0.6 is 0 Å². The Balaban J connectivity index is 1.33. The van der Waals surface area contributed by atoms with E-state index in [1.807, 2.05) is 38.1 Å². The minimum absolute atomic E-state index is 0.0473. The number of carbonyl (C=O) groups excluding carboxylic acids is 2. The molecule has 232 valence electrons. The van der Waals surface area contributed by atoms with Crippen molar-refractivity contribution in [3.8, 4) is 11.5 Å². The second kappa shape index (κ2) is 14.5. The predicted molar refractivity (Wildman–Crippen MR) is 173 cm³/mol. The zero-order valence-corrected chi connectivity index (χ0v) is 25.5. The van der Waals surface area contributed by atoms with Crippen molar-refractivity contribution in [3.63, 3.8) is 0 Å². The first-order valence-corrected chi connectivity index (χ1v) is 15.2. The Labute approximate surface area is 262 Å². The van der Waals surface area contributed by atoms with Crippen LogP contribution in [0.1, 0.15) is 79.2 Å². The number of aromatic nitrogens is 2. The molecule has 4 aromatic rings. The van der Waals surface area contributed by atoms with E-state index in [4.69, 9.17) is 9.63 Å². The minimum Gasteiger partial charge on any atom is -0.481 e. The van der Waals surface area contributed by atoms with E-state index in [0.29, 0.717) is 23.0 Å². The van der Waals surface area contributed by atoms with E-state index in [1.165, 1.54) is 18.4 Å². The first-order valence-electron chi connectivity index (χ1n) is 15.2. The lowest BCUT2D eigenvalue weighted by Crippen LogP contribution is -2.34. The maximum Gasteiger partial charge on any atom is 0.326 e. The molecule has 5 rings (SSSR count). The lowest BCUT2D eigenvalue weighted by atomic mass is 9.93. The molecule has 3 amide bonds. The highest BCUT2D eigenvalue weighted by Gasteiger charge is 2.19. The quantitative estimate of drug-likeness (QED) is 0.163. The lowest BCUT2D eigenvalue weighted by Gasteiger charge is -2.24. The Kier molecular flexibility index (Phi) is 10.0. The summed E-state index contributed by atoms with van der Waals surface area (Å²) in [7, 11) is 0. The fraction of sp³-hybridized carbons (Fsp3) is 0.286. The molecule has 0 atom stereocenters. The summed E-state index contributed by atoms with van der Waals surface area (Å²) in [6.45, 7) is 4.30. The Morgan fingerprint density at radius 3 is 2.27 bits per heavy atom. The van der Waals surface area contributed by atoms with Crippen molar-refractivity contribution in [2.24, 2.45) is 0 Å². The maximum atomic E-state index is 13.7. The fourth-order valence-corrected chi connectivity index (χ4v) is 5.04. The van der Waals surface area contributed by atoms with Crippen LogP contribution in [0.15, 0.2) is 83.4 Å². The number of nitrogens with zero attached hydrogens (tertiary/aromatic N) is 3. The highest BCUT2D eigenvalue weighted by atomic mass is 16.5.